The first-order valence-corrected chi connectivity index (χ1v) is 9.44. The normalized spacial score (nSPS) is 11.3. The van der Waals surface area contributed by atoms with Crippen LogP contribution in [0.2, 0.25) is 0 Å². The van der Waals surface area contributed by atoms with Gasteiger partial charge in [0.05, 0.1) is 24.4 Å². The van der Waals surface area contributed by atoms with Crippen molar-refractivity contribution in [3.63, 3.8) is 0 Å². The van der Waals surface area contributed by atoms with Crippen LogP contribution in [-0.2, 0) is 20.9 Å². The van der Waals surface area contributed by atoms with Crippen LogP contribution in [0.5, 0.6) is 5.75 Å². The Morgan fingerprint density at radius 1 is 1.14 bits per heavy atom. The molecule has 0 atom stereocenters. The molecule has 0 saturated heterocycles. The molecule has 29 heavy (non-hydrogen) atoms. The van der Waals surface area contributed by atoms with Crippen molar-refractivity contribution in [2.75, 3.05) is 19.5 Å². The van der Waals surface area contributed by atoms with Gasteiger partial charge in [0, 0.05) is 18.2 Å². The van der Waals surface area contributed by atoms with E-state index in [2.05, 4.69) is 10.3 Å². The minimum Gasteiger partial charge on any atom is -0.497 e. The van der Waals surface area contributed by atoms with Gasteiger partial charge in [0.15, 0.2) is 4.80 Å². The van der Waals surface area contributed by atoms with Crippen molar-refractivity contribution in [2.45, 2.75) is 13.5 Å². The summed E-state index contributed by atoms with van der Waals surface area (Å²) in [5.41, 5.74) is 1.68. The number of ether oxygens (including phenoxy) is 2. The lowest BCUT2D eigenvalue weighted by Gasteiger charge is -2.05. The standard InChI is InChI=1S/C20H19N3O5S/c1-12(24)21-14-7-8-16-17(10-14)29-20(23(16)11-18(25)28-3)22-19(26)13-5-4-6-15(9-13)27-2/h4-10H,11H2,1-3H3,(H,21,24). The number of amides is 2. The smallest absolute Gasteiger partial charge is 0.325 e. The molecule has 0 aliphatic carbocycles. The minimum atomic E-state index is -0.467. The summed E-state index contributed by atoms with van der Waals surface area (Å²) in [6.45, 7) is 1.32. The number of thiazole rings is 1. The lowest BCUT2D eigenvalue weighted by Crippen LogP contribution is -2.22. The van der Waals surface area contributed by atoms with Gasteiger partial charge in [0.2, 0.25) is 5.91 Å². The number of hydrogen-bond donors (Lipinski definition) is 1. The third-order valence-electron chi connectivity index (χ3n) is 4.03. The monoisotopic (exact) mass is 413 g/mol. The summed E-state index contributed by atoms with van der Waals surface area (Å²) in [7, 11) is 2.81. The molecule has 0 saturated carbocycles. The van der Waals surface area contributed by atoms with Gasteiger partial charge in [0.25, 0.3) is 5.91 Å². The Balaban J connectivity index is 2.11. The molecule has 0 radical (unpaired) electrons. The maximum absolute atomic E-state index is 12.7. The van der Waals surface area contributed by atoms with Crippen LogP contribution in [0.1, 0.15) is 17.3 Å². The maximum Gasteiger partial charge on any atom is 0.325 e. The van der Waals surface area contributed by atoms with Gasteiger partial charge >= 0.3 is 5.97 Å². The Bertz CT molecular complexity index is 1160. The lowest BCUT2D eigenvalue weighted by molar-refractivity contribution is -0.141. The summed E-state index contributed by atoms with van der Waals surface area (Å²) in [6.07, 6.45) is 0. The zero-order valence-electron chi connectivity index (χ0n) is 16.1. The van der Waals surface area contributed by atoms with E-state index in [9.17, 15) is 14.4 Å². The summed E-state index contributed by atoms with van der Waals surface area (Å²) < 4.78 is 12.3. The second kappa shape index (κ2) is 8.70. The van der Waals surface area contributed by atoms with Gasteiger partial charge in [0.1, 0.15) is 12.3 Å². The van der Waals surface area contributed by atoms with Crippen LogP contribution in [0.3, 0.4) is 0 Å². The summed E-state index contributed by atoms with van der Waals surface area (Å²) in [5.74, 6) is -0.576. The van der Waals surface area contributed by atoms with Gasteiger partial charge in [-0.3, -0.25) is 14.4 Å². The Labute approximate surface area is 170 Å². The molecular weight excluding hydrogens is 394 g/mol. The number of nitrogens with one attached hydrogen (secondary N) is 1. The Kier molecular flexibility index (Phi) is 6.08. The zero-order valence-corrected chi connectivity index (χ0v) is 16.9. The number of nitrogens with zero attached hydrogens (tertiary/aromatic N) is 2. The molecule has 0 bridgehead atoms. The summed E-state index contributed by atoms with van der Waals surface area (Å²) in [4.78, 5) is 40.4. The molecule has 0 spiro atoms. The third kappa shape index (κ3) is 4.69. The molecule has 3 aromatic rings. The molecule has 0 aliphatic rings. The highest BCUT2D eigenvalue weighted by Crippen LogP contribution is 2.22. The number of carbonyl (C=O) groups excluding carboxylic acids is 3. The molecule has 8 nitrogen and oxygen atoms in total. The first kappa shape index (κ1) is 20.3. The van der Waals surface area contributed by atoms with Crippen LogP contribution >= 0.6 is 11.3 Å². The molecule has 0 fully saturated rings. The van der Waals surface area contributed by atoms with Crippen molar-refractivity contribution in [1.82, 2.24) is 4.57 Å². The van der Waals surface area contributed by atoms with Crippen molar-refractivity contribution in [2.24, 2.45) is 4.99 Å². The predicted octanol–water partition coefficient (Wildman–Crippen LogP) is 2.58. The topological polar surface area (TPSA) is 99.0 Å². The van der Waals surface area contributed by atoms with E-state index in [0.29, 0.717) is 27.3 Å². The number of hydrogen-bond acceptors (Lipinski definition) is 6. The van der Waals surface area contributed by atoms with E-state index in [1.54, 1.807) is 47.0 Å². The predicted molar refractivity (Wildman–Crippen MR) is 109 cm³/mol. The second-order valence-corrected chi connectivity index (χ2v) is 7.07. The van der Waals surface area contributed by atoms with E-state index < -0.39 is 11.9 Å². The molecule has 3 rings (SSSR count). The first-order chi connectivity index (χ1) is 13.9. The van der Waals surface area contributed by atoms with Crippen LogP contribution in [0.4, 0.5) is 5.69 Å². The zero-order chi connectivity index (χ0) is 21.0. The number of aromatic nitrogens is 1. The largest absolute Gasteiger partial charge is 0.497 e. The summed E-state index contributed by atoms with van der Waals surface area (Å²) >= 11 is 1.24. The molecule has 1 aromatic heterocycles. The fourth-order valence-electron chi connectivity index (χ4n) is 2.69. The number of fused-ring (bicyclic) bond motifs is 1. The quantitative estimate of drug-likeness (QED) is 0.648. The highest BCUT2D eigenvalue weighted by atomic mass is 32.1. The average molecular weight is 413 g/mol. The van der Waals surface area contributed by atoms with Crippen molar-refractivity contribution < 1.29 is 23.9 Å². The Morgan fingerprint density at radius 3 is 2.62 bits per heavy atom. The fourth-order valence-corrected chi connectivity index (χ4v) is 3.76. The van der Waals surface area contributed by atoms with Crippen LogP contribution in [0, 0.1) is 0 Å². The number of anilines is 1. The third-order valence-corrected chi connectivity index (χ3v) is 5.07. The Hall–Kier alpha value is -3.46. The van der Waals surface area contributed by atoms with Crippen molar-refractivity contribution in [1.29, 1.82) is 0 Å². The number of carbonyl (C=O) groups is 3. The number of rotatable bonds is 5. The first-order valence-electron chi connectivity index (χ1n) is 8.62. The number of methoxy groups -OCH3 is 2. The van der Waals surface area contributed by atoms with E-state index in [1.807, 2.05) is 0 Å². The maximum atomic E-state index is 12.7. The lowest BCUT2D eigenvalue weighted by atomic mass is 10.2. The van der Waals surface area contributed by atoms with E-state index in [0.717, 1.165) is 4.70 Å². The van der Waals surface area contributed by atoms with E-state index in [4.69, 9.17) is 9.47 Å². The molecule has 9 heteroatoms. The highest BCUT2D eigenvalue weighted by molar-refractivity contribution is 7.16. The molecular formula is C20H19N3O5S. The van der Waals surface area contributed by atoms with Gasteiger partial charge in [-0.25, -0.2) is 0 Å². The SMILES string of the molecule is COC(=O)Cn1c(=NC(=O)c2cccc(OC)c2)sc2cc(NC(C)=O)ccc21. The van der Waals surface area contributed by atoms with Gasteiger partial charge in [-0.1, -0.05) is 17.4 Å². The highest BCUT2D eigenvalue weighted by Gasteiger charge is 2.13. The summed E-state index contributed by atoms with van der Waals surface area (Å²) in [5, 5.41) is 2.71. The Morgan fingerprint density at radius 2 is 1.93 bits per heavy atom. The molecule has 0 aliphatic heterocycles. The molecule has 2 aromatic carbocycles. The van der Waals surface area contributed by atoms with Gasteiger partial charge in [-0.15, -0.1) is 0 Å². The van der Waals surface area contributed by atoms with Crippen LogP contribution < -0.4 is 14.9 Å². The number of esters is 1. The minimum absolute atomic E-state index is 0.0970. The molecule has 2 amide bonds. The van der Waals surface area contributed by atoms with Gasteiger partial charge in [-0.2, -0.15) is 4.99 Å². The van der Waals surface area contributed by atoms with Gasteiger partial charge < -0.3 is 19.4 Å². The van der Waals surface area contributed by atoms with Crippen molar-refractivity contribution >= 4 is 45.0 Å². The second-order valence-electron chi connectivity index (χ2n) is 6.06. The fraction of sp³-hybridized carbons (Fsp3) is 0.200. The van der Waals surface area contributed by atoms with Crippen LogP contribution in [0.25, 0.3) is 10.2 Å². The molecule has 150 valence electrons. The van der Waals surface area contributed by atoms with E-state index in [-0.39, 0.29) is 12.5 Å². The van der Waals surface area contributed by atoms with Crippen LogP contribution in [0.15, 0.2) is 47.5 Å². The summed E-state index contributed by atoms with van der Waals surface area (Å²) in [6, 6.07) is 11.9. The molecule has 1 N–H and O–H groups in total. The molecule has 1 heterocycles. The average Bonchev–Trinajstić information content (AvgIpc) is 3.03. The molecule has 0 unspecified atom stereocenters. The van der Waals surface area contributed by atoms with Crippen molar-refractivity contribution in [3.8, 4) is 5.75 Å². The van der Waals surface area contributed by atoms with Crippen molar-refractivity contribution in [3.05, 3.63) is 52.8 Å². The van der Waals surface area contributed by atoms with E-state index >= 15 is 0 Å². The van der Waals surface area contributed by atoms with Crippen LogP contribution in [-0.4, -0.2) is 36.6 Å². The number of benzene rings is 2. The van der Waals surface area contributed by atoms with E-state index in [1.165, 1.54) is 32.5 Å². The van der Waals surface area contributed by atoms with Gasteiger partial charge in [-0.05, 0) is 36.4 Å².